The van der Waals surface area contributed by atoms with Crippen LogP contribution in [0.3, 0.4) is 0 Å². The van der Waals surface area contributed by atoms with Crippen LogP contribution in [0.15, 0.2) is 12.3 Å². The van der Waals surface area contributed by atoms with Gasteiger partial charge in [-0.05, 0) is 27.7 Å². The van der Waals surface area contributed by atoms with Crippen LogP contribution < -0.4 is 10.2 Å². The van der Waals surface area contributed by atoms with Crippen LogP contribution in [-0.2, 0) is 4.74 Å². The molecule has 1 fully saturated rings. The van der Waals surface area contributed by atoms with E-state index in [1.54, 1.807) is 26.8 Å². The van der Waals surface area contributed by atoms with Crippen LogP contribution in [0.25, 0.3) is 0 Å². The Morgan fingerprint density at radius 2 is 2.04 bits per heavy atom. The number of carbonyl (C=O) groups excluding carboxylic acids is 1. The summed E-state index contributed by atoms with van der Waals surface area (Å²) in [5.41, 5.74) is -0.323. The van der Waals surface area contributed by atoms with Gasteiger partial charge in [0.15, 0.2) is 0 Å². The fourth-order valence-corrected chi connectivity index (χ4v) is 3.02. The van der Waals surface area contributed by atoms with Crippen molar-refractivity contribution >= 4 is 29.2 Å². The van der Waals surface area contributed by atoms with Gasteiger partial charge < -0.3 is 9.64 Å². The second kappa shape index (κ2) is 8.10. The number of halogens is 4. The quantitative estimate of drug-likeness (QED) is 0.814. The van der Waals surface area contributed by atoms with Gasteiger partial charge in [0.2, 0.25) is 0 Å². The molecule has 1 aliphatic rings. The molecule has 1 saturated heterocycles. The summed E-state index contributed by atoms with van der Waals surface area (Å²) in [5.74, 6) is 0.532. The Kier molecular flexibility index (Phi) is 6.47. The summed E-state index contributed by atoms with van der Waals surface area (Å²) in [5, 5.41) is 2.83. The highest BCUT2D eigenvalue weighted by Gasteiger charge is 2.34. The maximum absolute atomic E-state index is 12.6. The third-order valence-corrected chi connectivity index (χ3v) is 4.19. The Labute approximate surface area is 161 Å². The molecule has 152 valence electrons. The van der Waals surface area contributed by atoms with Gasteiger partial charge in [-0.2, -0.15) is 13.2 Å². The van der Waals surface area contributed by atoms with E-state index in [9.17, 15) is 18.0 Å². The van der Waals surface area contributed by atoms with Gasteiger partial charge >= 0.3 is 12.3 Å². The highest BCUT2D eigenvalue weighted by Crippen LogP contribution is 2.28. The Morgan fingerprint density at radius 3 is 2.59 bits per heavy atom. The number of aromatic nitrogens is 1. The smallest absolute Gasteiger partial charge is 0.412 e. The number of alkyl halides is 3. The molecular weight excluding hydrogens is 385 g/mol. The van der Waals surface area contributed by atoms with Gasteiger partial charge in [-0.3, -0.25) is 10.2 Å². The Bertz CT molecular complexity index is 679. The van der Waals surface area contributed by atoms with Crippen molar-refractivity contribution in [2.45, 2.75) is 45.5 Å². The molecule has 0 spiro atoms. The number of nitrogens with zero attached hydrogens (tertiary/aromatic N) is 3. The molecule has 10 heteroatoms. The van der Waals surface area contributed by atoms with Gasteiger partial charge in [0.1, 0.15) is 11.4 Å². The number of ether oxygens (including phenoxy) is 1. The lowest BCUT2D eigenvalue weighted by molar-refractivity contribution is -0.147. The molecule has 0 bridgehead atoms. The predicted molar refractivity (Wildman–Crippen MR) is 98.4 cm³/mol. The number of carbonyl (C=O) groups is 1. The van der Waals surface area contributed by atoms with Crippen LogP contribution >= 0.6 is 11.6 Å². The Hall–Kier alpha value is -1.74. The molecule has 27 heavy (non-hydrogen) atoms. The Balaban J connectivity index is 2.08. The van der Waals surface area contributed by atoms with Crippen molar-refractivity contribution in [3.05, 3.63) is 17.3 Å². The van der Waals surface area contributed by atoms with E-state index in [1.165, 1.54) is 11.1 Å². The Morgan fingerprint density at radius 1 is 1.37 bits per heavy atom. The number of piperazine rings is 1. The van der Waals surface area contributed by atoms with Crippen LogP contribution in [0.5, 0.6) is 0 Å². The van der Waals surface area contributed by atoms with E-state index in [0.29, 0.717) is 18.1 Å². The van der Waals surface area contributed by atoms with Crippen molar-refractivity contribution in [3.63, 3.8) is 0 Å². The zero-order valence-corrected chi connectivity index (χ0v) is 16.5. The largest absolute Gasteiger partial charge is 0.444 e. The maximum atomic E-state index is 12.6. The number of nitrogens with one attached hydrogen (secondary N) is 1. The molecule has 0 radical (unpaired) electrons. The van der Waals surface area contributed by atoms with Crippen molar-refractivity contribution in [2.24, 2.45) is 0 Å². The minimum atomic E-state index is -4.22. The van der Waals surface area contributed by atoms with E-state index in [0.717, 1.165) is 0 Å². The summed E-state index contributed by atoms with van der Waals surface area (Å²) in [6.07, 6.45) is -3.46. The molecule has 1 aromatic heterocycles. The lowest BCUT2D eigenvalue weighted by atomic mass is 10.2. The van der Waals surface area contributed by atoms with Crippen molar-refractivity contribution in [1.82, 2.24) is 9.88 Å². The van der Waals surface area contributed by atoms with Gasteiger partial charge in [-0.15, -0.1) is 0 Å². The predicted octanol–water partition coefficient (Wildman–Crippen LogP) is 4.15. The summed E-state index contributed by atoms with van der Waals surface area (Å²) >= 11 is 6.10. The van der Waals surface area contributed by atoms with Crippen LogP contribution in [-0.4, -0.2) is 60.0 Å². The SMILES string of the molecule is C[C@H]1CN(CC(F)(F)F)CCN1c1cc(NC(=O)OC(C)(C)C)c(Cl)cn1. The summed E-state index contributed by atoms with van der Waals surface area (Å²) in [6, 6.07) is 1.42. The van der Waals surface area contributed by atoms with E-state index in [4.69, 9.17) is 16.3 Å². The number of amides is 1. The molecule has 1 aliphatic heterocycles. The standard InChI is InChI=1S/C17H24ClF3N4O2/c1-11-9-24(10-17(19,20)21)5-6-25(11)14-7-13(12(18)8-22-14)23-15(26)27-16(2,3)4/h7-8,11H,5-6,9-10H2,1-4H3,(H,22,23,26)/t11-/m0/s1. The average molecular weight is 409 g/mol. The monoisotopic (exact) mass is 408 g/mol. The molecular formula is C17H24ClF3N4O2. The number of rotatable bonds is 3. The number of hydrogen-bond donors (Lipinski definition) is 1. The summed E-state index contributed by atoms with van der Waals surface area (Å²) < 4.78 is 43.0. The molecule has 6 nitrogen and oxygen atoms in total. The first-order valence-corrected chi connectivity index (χ1v) is 8.93. The summed E-state index contributed by atoms with van der Waals surface area (Å²) in [6.45, 7) is 7.06. The first-order valence-electron chi connectivity index (χ1n) is 8.55. The second-order valence-corrected chi connectivity index (χ2v) is 7.95. The van der Waals surface area contributed by atoms with Crippen molar-refractivity contribution in [1.29, 1.82) is 0 Å². The molecule has 0 saturated carbocycles. The molecule has 0 aromatic carbocycles. The molecule has 2 rings (SSSR count). The summed E-state index contributed by atoms with van der Waals surface area (Å²) in [7, 11) is 0. The van der Waals surface area contributed by atoms with E-state index < -0.39 is 24.4 Å². The molecule has 0 unspecified atom stereocenters. The molecule has 1 amide bonds. The van der Waals surface area contributed by atoms with Gasteiger partial charge in [-0.25, -0.2) is 9.78 Å². The lowest BCUT2D eigenvalue weighted by Gasteiger charge is -2.40. The normalized spacial score (nSPS) is 19.1. The van der Waals surface area contributed by atoms with Crippen molar-refractivity contribution in [2.75, 3.05) is 36.4 Å². The van der Waals surface area contributed by atoms with E-state index >= 15 is 0 Å². The highest BCUT2D eigenvalue weighted by molar-refractivity contribution is 6.33. The van der Waals surface area contributed by atoms with Crippen molar-refractivity contribution < 1.29 is 22.7 Å². The van der Waals surface area contributed by atoms with Crippen molar-refractivity contribution in [3.8, 4) is 0 Å². The molecule has 1 aromatic rings. The minimum Gasteiger partial charge on any atom is -0.444 e. The maximum Gasteiger partial charge on any atom is 0.412 e. The summed E-state index contributed by atoms with van der Waals surface area (Å²) in [4.78, 5) is 19.5. The second-order valence-electron chi connectivity index (χ2n) is 7.54. The van der Waals surface area contributed by atoms with Crippen LogP contribution in [0, 0.1) is 0 Å². The minimum absolute atomic E-state index is 0.177. The molecule has 1 N–H and O–H groups in total. The van der Waals surface area contributed by atoms with Gasteiger partial charge in [0.05, 0.1) is 23.5 Å². The number of hydrogen-bond acceptors (Lipinski definition) is 5. The fourth-order valence-electron chi connectivity index (χ4n) is 2.86. The van der Waals surface area contributed by atoms with E-state index in [2.05, 4.69) is 10.3 Å². The number of pyridine rings is 1. The molecule has 2 heterocycles. The van der Waals surface area contributed by atoms with Gasteiger partial charge in [0, 0.05) is 31.7 Å². The topological polar surface area (TPSA) is 57.7 Å². The van der Waals surface area contributed by atoms with Gasteiger partial charge in [-0.1, -0.05) is 11.6 Å². The van der Waals surface area contributed by atoms with E-state index in [-0.39, 0.29) is 24.2 Å². The molecule has 1 atom stereocenters. The van der Waals surface area contributed by atoms with Gasteiger partial charge in [0.25, 0.3) is 0 Å². The third-order valence-electron chi connectivity index (χ3n) is 3.89. The lowest BCUT2D eigenvalue weighted by Crippen LogP contribution is -2.54. The first-order chi connectivity index (χ1) is 12.3. The van der Waals surface area contributed by atoms with Crippen LogP contribution in [0.4, 0.5) is 29.5 Å². The zero-order valence-electron chi connectivity index (χ0n) is 15.7. The first kappa shape index (κ1) is 21.6. The fraction of sp³-hybridized carbons (Fsp3) is 0.647. The third kappa shape index (κ3) is 6.73. The van der Waals surface area contributed by atoms with E-state index in [1.807, 2.05) is 11.8 Å². The zero-order chi connectivity index (χ0) is 20.4. The highest BCUT2D eigenvalue weighted by atomic mass is 35.5. The average Bonchev–Trinajstić information content (AvgIpc) is 2.46. The number of anilines is 2. The molecule has 0 aliphatic carbocycles. The van der Waals surface area contributed by atoms with Crippen LogP contribution in [0.2, 0.25) is 5.02 Å². The van der Waals surface area contributed by atoms with Crippen LogP contribution in [0.1, 0.15) is 27.7 Å².